The van der Waals surface area contributed by atoms with Crippen LogP contribution in [-0.2, 0) is 16.1 Å². The van der Waals surface area contributed by atoms with Crippen molar-refractivity contribution in [2.24, 2.45) is 0 Å². The van der Waals surface area contributed by atoms with Crippen LogP contribution in [0.2, 0.25) is 0 Å². The second kappa shape index (κ2) is 8.27. The number of esters is 1. The van der Waals surface area contributed by atoms with E-state index in [0.717, 1.165) is 5.56 Å². The Balaban J connectivity index is 1.68. The van der Waals surface area contributed by atoms with E-state index in [1.54, 1.807) is 43.1 Å². The maximum atomic E-state index is 12.5. The van der Waals surface area contributed by atoms with Crippen LogP contribution in [0, 0.1) is 18.3 Å². The van der Waals surface area contributed by atoms with Crippen molar-refractivity contribution in [3.63, 3.8) is 0 Å². The SMILES string of the molecule is Cc1oc(-n2cccc2)c(C#N)c1C(=O)OCC(=O)N(C)Cc1ccccc1. The molecule has 28 heavy (non-hydrogen) atoms. The molecular formula is C21H19N3O4. The number of likely N-dealkylation sites (N-methyl/N-ethyl adjacent to an activating group) is 1. The first-order valence-electron chi connectivity index (χ1n) is 8.63. The van der Waals surface area contributed by atoms with Gasteiger partial charge in [0, 0.05) is 26.0 Å². The number of carbonyl (C=O) groups is 2. The fourth-order valence-electron chi connectivity index (χ4n) is 2.79. The topological polar surface area (TPSA) is 88.5 Å². The Morgan fingerprint density at radius 1 is 1.18 bits per heavy atom. The van der Waals surface area contributed by atoms with Crippen molar-refractivity contribution in [1.82, 2.24) is 9.47 Å². The van der Waals surface area contributed by atoms with Crippen molar-refractivity contribution in [2.45, 2.75) is 13.5 Å². The molecule has 2 aromatic heterocycles. The highest BCUT2D eigenvalue weighted by Crippen LogP contribution is 2.26. The van der Waals surface area contributed by atoms with Crippen LogP contribution in [0.1, 0.15) is 27.2 Å². The first kappa shape index (κ1) is 19.0. The van der Waals surface area contributed by atoms with Crippen LogP contribution >= 0.6 is 0 Å². The lowest BCUT2D eigenvalue weighted by molar-refractivity contribution is -0.133. The minimum Gasteiger partial charge on any atom is -0.452 e. The fourth-order valence-corrected chi connectivity index (χ4v) is 2.79. The molecule has 0 aliphatic rings. The van der Waals surface area contributed by atoms with Crippen LogP contribution in [-0.4, -0.2) is 35.0 Å². The number of aromatic nitrogens is 1. The molecule has 7 nitrogen and oxygen atoms in total. The zero-order valence-corrected chi connectivity index (χ0v) is 15.6. The van der Waals surface area contributed by atoms with Crippen LogP contribution < -0.4 is 0 Å². The van der Waals surface area contributed by atoms with Crippen LogP contribution in [0.15, 0.2) is 59.3 Å². The average Bonchev–Trinajstić information content (AvgIpc) is 3.33. The predicted molar refractivity (Wildman–Crippen MR) is 101 cm³/mol. The minimum absolute atomic E-state index is 0.0321. The van der Waals surface area contributed by atoms with E-state index in [-0.39, 0.29) is 28.7 Å². The Labute approximate surface area is 162 Å². The quantitative estimate of drug-likeness (QED) is 0.616. The number of hydrogen-bond donors (Lipinski definition) is 0. The first-order valence-corrected chi connectivity index (χ1v) is 8.63. The van der Waals surface area contributed by atoms with Gasteiger partial charge in [-0.25, -0.2) is 4.79 Å². The Hall–Kier alpha value is -3.79. The molecule has 0 bridgehead atoms. The molecule has 0 saturated carbocycles. The number of carbonyl (C=O) groups excluding carboxylic acids is 2. The standard InChI is InChI=1S/C21H19N3O4/c1-15-19(17(12-22)20(28-15)24-10-6-7-11-24)21(26)27-14-18(25)23(2)13-16-8-4-3-5-9-16/h3-11H,13-14H2,1-2H3. The lowest BCUT2D eigenvalue weighted by atomic mass is 10.1. The Kier molecular flexibility index (Phi) is 5.61. The molecule has 0 aliphatic heterocycles. The number of furan rings is 1. The minimum atomic E-state index is -0.766. The van der Waals surface area contributed by atoms with Gasteiger partial charge in [-0.3, -0.25) is 9.36 Å². The summed E-state index contributed by atoms with van der Waals surface area (Å²) in [5.74, 6) is -0.611. The molecule has 0 radical (unpaired) electrons. The highest BCUT2D eigenvalue weighted by Gasteiger charge is 2.26. The zero-order valence-electron chi connectivity index (χ0n) is 15.6. The van der Waals surface area contributed by atoms with Gasteiger partial charge in [-0.1, -0.05) is 30.3 Å². The van der Waals surface area contributed by atoms with Crippen molar-refractivity contribution >= 4 is 11.9 Å². The van der Waals surface area contributed by atoms with Gasteiger partial charge in [0.15, 0.2) is 6.61 Å². The molecule has 142 valence electrons. The normalized spacial score (nSPS) is 10.3. The van der Waals surface area contributed by atoms with Gasteiger partial charge in [0.25, 0.3) is 5.91 Å². The van der Waals surface area contributed by atoms with Crippen LogP contribution in [0.4, 0.5) is 0 Å². The second-order valence-corrected chi connectivity index (χ2v) is 6.23. The largest absolute Gasteiger partial charge is 0.452 e. The van der Waals surface area contributed by atoms with Crippen molar-refractivity contribution in [2.75, 3.05) is 13.7 Å². The fraction of sp³-hybridized carbons (Fsp3) is 0.190. The van der Waals surface area contributed by atoms with Crippen molar-refractivity contribution < 1.29 is 18.7 Å². The summed E-state index contributed by atoms with van der Waals surface area (Å²) in [6.45, 7) is 1.56. The van der Waals surface area contributed by atoms with Gasteiger partial charge in [-0.05, 0) is 24.6 Å². The molecule has 3 rings (SSSR count). The molecule has 0 unspecified atom stereocenters. The third-order valence-corrected chi connectivity index (χ3v) is 4.24. The summed E-state index contributed by atoms with van der Waals surface area (Å²) in [6.07, 6.45) is 3.41. The number of nitrogens with zero attached hydrogens (tertiary/aromatic N) is 3. The summed E-state index contributed by atoms with van der Waals surface area (Å²) in [5.41, 5.74) is 1.08. The first-order chi connectivity index (χ1) is 13.5. The maximum Gasteiger partial charge on any atom is 0.343 e. The average molecular weight is 377 g/mol. The smallest absolute Gasteiger partial charge is 0.343 e. The van der Waals surface area contributed by atoms with Gasteiger partial charge in [-0.15, -0.1) is 0 Å². The molecule has 0 saturated heterocycles. The molecule has 0 spiro atoms. The Morgan fingerprint density at radius 3 is 2.50 bits per heavy atom. The van der Waals surface area contributed by atoms with E-state index in [2.05, 4.69) is 0 Å². The second-order valence-electron chi connectivity index (χ2n) is 6.23. The Morgan fingerprint density at radius 2 is 1.86 bits per heavy atom. The summed E-state index contributed by atoms with van der Waals surface area (Å²) >= 11 is 0. The number of hydrogen-bond acceptors (Lipinski definition) is 5. The molecular weight excluding hydrogens is 358 g/mol. The number of ether oxygens (including phenoxy) is 1. The van der Waals surface area contributed by atoms with E-state index < -0.39 is 12.6 Å². The molecule has 1 amide bonds. The van der Waals surface area contributed by atoms with Gasteiger partial charge >= 0.3 is 5.97 Å². The molecule has 7 heteroatoms. The molecule has 2 heterocycles. The third kappa shape index (κ3) is 3.96. The van der Waals surface area contributed by atoms with E-state index in [1.165, 1.54) is 4.90 Å². The van der Waals surface area contributed by atoms with Crippen LogP contribution in [0.25, 0.3) is 5.88 Å². The number of rotatable bonds is 6. The van der Waals surface area contributed by atoms with E-state index in [0.29, 0.717) is 6.54 Å². The van der Waals surface area contributed by atoms with Crippen molar-refractivity contribution in [1.29, 1.82) is 5.26 Å². The highest BCUT2D eigenvalue weighted by molar-refractivity contribution is 5.95. The van der Waals surface area contributed by atoms with Crippen LogP contribution in [0.3, 0.4) is 0 Å². The lowest BCUT2D eigenvalue weighted by Crippen LogP contribution is -2.30. The predicted octanol–water partition coefficient (Wildman–Crippen LogP) is 3.07. The van der Waals surface area contributed by atoms with Gasteiger partial charge in [0.1, 0.15) is 23.0 Å². The van der Waals surface area contributed by atoms with Gasteiger partial charge in [-0.2, -0.15) is 5.26 Å². The molecule has 3 aromatic rings. The summed E-state index contributed by atoms with van der Waals surface area (Å²) in [7, 11) is 1.64. The monoisotopic (exact) mass is 377 g/mol. The number of nitriles is 1. The van der Waals surface area contributed by atoms with Crippen LogP contribution in [0.5, 0.6) is 0 Å². The number of amides is 1. The summed E-state index contributed by atoms with van der Waals surface area (Å²) in [5, 5.41) is 9.48. The maximum absolute atomic E-state index is 12.5. The number of benzene rings is 1. The highest BCUT2D eigenvalue weighted by atomic mass is 16.5. The van der Waals surface area contributed by atoms with E-state index >= 15 is 0 Å². The Bertz CT molecular complexity index is 1010. The third-order valence-electron chi connectivity index (χ3n) is 4.24. The zero-order chi connectivity index (χ0) is 20.1. The molecule has 0 atom stereocenters. The molecule has 0 aliphatic carbocycles. The van der Waals surface area contributed by atoms with E-state index in [9.17, 15) is 14.9 Å². The van der Waals surface area contributed by atoms with E-state index in [1.807, 2.05) is 36.4 Å². The summed E-state index contributed by atoms with van der Waals surface area (Å²) in [4.78, 5) is 26.2. The molecule has 0 fully saturated rings. The van der Waals surface area contributed by atoms with Crippen molar-refractivity contribution in [3.8, 4) is 12.0 Å². The van der Waals surface area contributed by atoms with Crippen molar-refractivity contribution in [3.05, 3.63) is 77.3 Å². The van der Waals surface area contributed by atoms with Gasteiger partial charge < -0.3 is 14.1 Å². The molecule has 1 aromatic carbocycles. The number of aryl methyl sites for hydroxylation is 1. The summed E-state index contributed by atoms with van der Waals surface area (Å²) < 4.78 is 12.3. The summed E-state index contributed by atoms with van der Waals surface area (Å²) in [6, 6.07) is 15.0. The molecule has 0 N–H and O–H groups in total. The van der Waals surface area contributed by atoms with E-state index in [4.69, 9.17) is 9.15 Å². The van der Waals surface area contributed by atoms with Gasteiger partial charge in [0.05, 0.1) is 0 Å². The lowest BCUT2D eigenvalue weighted by Gasteiger charge is -2.17. The van der Waals surface area contributed by atoms with Gasteiger partial charge in [0.2, 0.25) is 5.88 Å².